The number of ether oxygens (including phenoxy) is 1. The topological polar surface area (TPSA) is 38.3 Å². The van der Waals surface area contributed by atoms with Crippen molar-refractivity contribution >= 4 is 21.8 Å². The Balaban J connectivity index is 2.51. The van der Waals surface area contributed by atoms with Crippen molar-refractivity contribution in [3.05, 3.63) is 29.8 Å². The summed E-state index contributed by atoms with van der Waals surface area (Å²) in [7, 11) is 0. The second-order valence-corrected chi connectivity index (χ2v) is 5.20. The van der Waals surface area contributed by atoms with Crippen LogP contribution in [0.1, 0.15) is 25.8 Å². The molecule has 0 aromatic heterocycles. The first-order valence-electron chi connectivity index (χ1n) is 5.77. The van der Waals surface area contributed by atoms with Crippen molar-refractivity contribution < 1.29 is 9.53 Å². The molecule has 1 unspecified atom stereocenters. The quantitative estimate of drug-likeness (QED) is 0.820. The van der Waals surface area contributed by atoms with E-state index in [2.05, 4.69) is 28.2 Å². The Morgan fingerprint density at radius 3 is 2.94 bits per heavy atom. The third-order valence-electron chi connectivity index (χ3n) is 2.20. The molecule has 0 aliphatic carbocycles. The van der Waals surface area contributed by atoms with E-state index in [1.807, 2.05) is 24.3 Å². The van der Waals surface area contributed by atoms with Gasteiger partial charge in [0.2, 0.25) is 5.91 Å². The number of hydrogen-bond donors (Lipinski definition) is 1. The third kappa shape index (κ3) is 5.22. The maximum atomic E-state index is 11.4. The predicted molar refractivity (Wildman–Crippen MR) is 72.5 cm³/mol. The highest BCUT2D eigenvalue weighted by molar-refractivity contribution is 9.10. The molecule has 3 nitrogen and oxygen atoms in total. The van der Waals surface area contributed by atoms with Gasteiger partial charge in [-0.05, 0) is 31.0 Å². The molecule has 4 heteroatoms. The summed E-state index contributed by atoms with van der Waals surface area (Å²) in [6.45, 7) is 5.12. The lowest BCUT2D eigenvalue weighted by molar-refractivity contribution is -0.120. The first-order valence-corrected chi connectivity index (χ1v) is 6.68. The van der Waals surface area contributed by atoms with Crippen LogP contribution in [0.15, 0.2) is 24.3 Å². The number of nitrogens with one attached hydrogen (secondary N) is 1. The summed E-state index contributed by atoms with van der Waals surface area (Å²) in [5, 5.41) is 2.84. The number of rotatable bonds is 6. The van der Waals surface area contributed by atoms with Gasteiger partial charge in [-0.2, -0.15) is 0 Å². The Bertz CT molecular complexity index is 366. The maximum Gasteiger partial charge on any atom is 0.233 e. The zero-order valence-corrected chi connectivity index (χ0v) is 11.8. The van der Waals surface area contributed by atoms with Crippen molar-refractivity contribution in [3.63, 3.8) is 0 Å². The van der Waals surface area contributed by atoms with E-state index >= 15 is 0 Å². The molecule has 0 radical (unpaired) electrons. The molecular formula is C13H18BrNO2. The molecule has 1 N–H and O–H groups in total. The summed E-state index contributed by atoms with van der Waals surface area (Å²) in [5.41, 5.74) is 1.04. The number of halogens is 1. The van der Waals surface area contributed by atoms with Gasteiger partial charge in [0.05, 0.1) is 11.4 Å². The Morgan fingerprint density at radius 1 is 1.53 bits per heavy atom. The first kappa shape index (κ1) is 14.0. The van der Waals surface area contributed by atoms with E-state index in [0.29, 0.717) is 13.2 Å². The minimum atomic E-state index is -0.165. The molecule has 0 aliphatic rings. The number of carbonyl (C=O) groups is 1. The number of benzene rings is 1. The van der Waals surface area contributed by atoms with E-state index in [1.54, 1.807) is 6.92 Å². The average molecular weight is 300 g/mol. The van der Waals surface area contributed by atoms with E-state index in [-0.39, 0.29) is 10.7 Å². The molecule has 94 valence electrons. The van der Waals surface area contributed by atoms with E-state index in [1.165, 1.54) is 0 Å². The molecule has 17 heavy (non-hydrogen) atoms. The number of alkyl halides is 1. The van der Waals surface area contributed by atoms with Crippen LogP contribution in [0.5, 0.6) is 5.75 Å². The smallest absolute Gasteiger partial charge is 0.233 e. The lowest BCUT2D eigenvalue weighted by Crippen LogP contribution is -2.28. The molecule has 0 aliphatic heterocycles. The van der Waals surface area contributed by atoms with Crippen molar-refractivity contribution in [2.45, 2.75) is 31.6 Å². The standard InChI is InChI=1S/C13H18BrNO2/c1-3-7-17-12-6-4-5-11(8-12)9-15-13(16)10(2)14/h4-6,8,10H,3,7,9H2,1-2H3,(H,15,16). The highest BCUT2D eigenvalue weighted by atomic mass is 79.9. The normalized spacial score (nSPS) is 11.9. The van der Waals surface area contributed by atoms with Gasteiger partial charge in [0, 0.05) is 6.54 Å². The second kappa shape index (κ2) is 7.33. The van der Waals surface area contributed by atoms with Gasteiger partial charge in [0.15, 0.2) is 0 Å². The zero-order chi connectivity index (χ0) is 12.7. The van der Waals surface area contributed by atoms with Crippen molar-refractivity contribution in [1.82, 2.24) is 5.32 Å². The van der Waals surface area contributed by atoms with Gasteiger partial charge in [0.1, 0.15) is 5.75 Å². The van der Waals surface area contributed by atoms with Gasteiger partial charge in [-0.15, -0.1) is 0 Å². The highest BCUT2D eigenvalue weighted by Gasteiger charge is 2.07. The number of carbonyl (C=O) groups excluding carboxylic acids is 1. The second-order valence-electron chi connectivity index (χ2n) is 3.83. The van der Waals surface area contributed by atoms with Crippen LogP contribution in [0.25, 0.3) is 0 Å². The monoisotopic (exact) mass is 299 g/mol. The van der Waals surface area contributed by atoms with Crippen molar-refractivity contribution in [2.75, 3.05) is 6.61 Å². The molecule has 0 saturated carbocycles. The van der Waals surface area contributed by atoms with E-state index in [9.17, 15) is 4.79 Å². The lowest BCUT2D eigenvalue weighted by atomic mass is 10.2. The summed E-state index contributed by atoms with van der Waals surface area (Å²) in [5.74, 6) is 0.843. The molecule has 1 amide bonds. The minimum Gasteiger partial charge on any atom is -0.494 e. The third-order valence-corrected chi connectivity index (χ3v) is 2.62. The van der Waals surface area contributed by atoms with Gasteiger partial charge in [-0.1, -0.05) is 35.0 Å². The Kier molecular flexibility index (Phi) is 6.05. The Morgan fingerprint density at radius 2 is 2.29 bits per heavy atom. The van der Waals surface area contributed by atoms with Crippen molar-refractivity contribution in [2.24, 2.45) is 0 Å². The van der Waals surface area contributed by atoms with E-state index < -0.39 is 0 Å². The average Bonchev–Trinajstić information content (AvgIpc) is 2.33. The Hall–Kier alpha value is -1.03. The van der Waals surface area contributed by atoms with Crippen LogP contribution in [0, 0.1) is 0 Å². The summed E-state index contributed by atoms with van der Waals surface area (Å²) in [6, 6.07) is 7.78. The molecule has 0 saturated heterocycles. The molecular weight excluding hydrogens is 282 g/mol. The Labute approximate surface area is 111 Å². The van der Waals surface area contributed by atoms with Crippen LogP contribution in [0.3, 0.4) is 0 Å². The van der Waals surface area contributed by atoms with E-state index in [4.69, 9.17) is 4.74 Å². The fraction of sp³-hybridized carbons (Fsp3) is 0.462. The van der Waals surface area contributed by atoms with Crippen LogP contribution in [0.2, 0.25) is 0 Å². The summed E-state index contributed by atoms with van der Waals surface area (Å²) >= 11 is 3.23. The van der Waals surface area contributed by atoms with E-state index in [0.717, 1.165) is 17.7 Å². The number of hydrogen-bond acceptors (Lipinski definition) is 2. The maximum absolute atomic E-state index is 11.4. The molecule has 1 rings (SSSR count). The fourth-order valence-corrected chi connectivity index (χ4v) is 1.46. The fourth-order valence-electron chi connectivity index (χ4n) is 1.29. The molecule has 1 atom stereocenters. The highest BCUT2D eigenvalue weighted by Crippen LogP contribution is 2.13. The first-order chi connectivity index (χ1) is 8.13. The molecule has 0 bridgehead atoms. The molecule has 1 aromatic carbocycles. The molecule has 0 spiro atoms. The van der Waals surface area contributed by atoms with Gasteiger partial charge in [-0.3, -0.25) is 4.79 Å². The number of amides is 1. The molecule has 1 aromatic rings. The minimum absolute atomic E-state index is 0.00937. The lowest BCUT2D eigenvalue weighted by Gasteiger charge is -2.09. The van der Waals surface area contributed by atoms with Crippen molar-refractivity contribution in [1.29, 1.82) is 0 Å². The van der Waals surface area contributed by atoms with Gasteiger partial charge >= 0.3 is 0 Å². The van der Waals surface area contributed by atoms with Crippen molar-refractivity contribution in [3.8, 4) is 5.75 Å². The molecule has 0 heterocycles. The predicted octanol–water partition coefficient (Wildman–Crippen LogP) is 2.88. The van der Waals surface area contributed by atoms with Crippen LogP contribution in [-0.4, -0.2) is 17.3 Å². The van der Waals surface area contributed by atoms with Crippen LogP contribution >= 0.6 is 15.9 Å². The van der Waals surface area contributed by atoms with Gasteiger partial charge in [-0.25, -0.2) is 0 Å². The summed E-state index contributed by atoms with van der Waals surface area (Å²) in [4.78, 5) is 11.2. The van der Waals surface area contributed by atoms with Crippen LogP contribution in [-0.2, 0) is 11.3 Å². The SMILES string of the molecule is CCCOc1cccc(CNC(=O)C(C)Br)c1. The van der Waals surface area contributed by atoms with Gasteiger partial charge < -0.3 is 10.1 Å². The largest absolute Gasteiger partial charge is 0.494 e. The molecule has 0 fully saturated rings. The van der Waals surface area contributed by atoms with Crippen LogP contribution < -0.4 is 10.1 Å². The summed E-state index contributed by atoms with van der Waals surface area (Å²) < 4.78 is 5.53. The zero-order valence-electron chi connectivity index (χ0n) is 10.2. The van der Waals surface area contributed by atoms with Crippen LogP contribution in [0.4, 0.5) is 0 Å². The van der Waals surface area contributed by atoms with Gasteiger partial charge in [0.25, 0.3) is 0 Å². The summed E-state index contributed by atoms with van der Waals surface area (Å²) in [6.07, 6.45) is 0.988.